The van der Waals surface area contributed by atoms with Crippen LogP contribution in [0.3, 0.4) is 0 Å². The highest BCUT2D eigenvalue weighted by Crippen LogP contribution is 2.60. The van der Waals surface area contributed by atoms with Crippen LogP contribution in [0.1, 0.15) is 71.8 Å². The van der Waals surface area contributed by atoms with Gasteiger partial charge in [0.05, 0.1) is 29.1 Å². The minimum atomic E-state index is -1.77. The first kappa shape index (κ1) is 24.6. The molecule has 1 spiro atoms. The van der Waals surface area contributed by atoms with Gasteiger partial charge in [-0.15, -0.1) is 0 Å². The molecule has 3 heterocycles. The summed E-state index contributed by atoms with van der Waals surface area (Å²) in [5.41, 5.74) is 1.85. The maximum atomic E-state index is 15.3. The van der Waals surface area contributed by atoms with Crippen LogP contribution >= 0.6 is 0 Å². The molecular weight excluding hydrogens is 506 g/mol. The topological polar surface area (TPSA) is 102 Å². The van der Waals surface area contributed by atoms with Crippen molar-refractivity contribution in [1.29, 1.82) is 0 Å². The summed E-state index contributed by atoms with van der Waals surface area (Å²) in [5.74, 6) is -0.557. The number of fused-ring (bicyclic) bond motifs is 5. The van der Waals surface area contributed by atoms with Crippen molar-refractivity contribution in [3.8, 4) is 0 Å². The quantitative estimate of drug-likeness (QED) is 0.446. The Morgan fingerprint density at radius 2 is 1.75 bits per heavy atom. The SMILES string of the molecule is CCOC(=O)C1=C(c2ccccc2)N(C2CCCCC2)C(=O)C12C1=C(Nc3noc(C)c32)c2ccccc2C1=O. The van der Waals surface area contributed by atoms with Crippen molar-refractivity contribution in [3.05, 3.63) is 93.8 Å². The molecule has 8 heteroatoms. The number of benzene rings is 2. The number of Topliss-reactive ketones (excluding diaryl/α,β-unsaturated/α-hetero) is 1. The molecule has 7 rings (SSSR count). The van der Waals surface area contributed by atoms with Crippen LogP contribution in [-0.2, 0) is 19.7 Å². The Hall–Kier alpha value is -4.46. The fourth-order valence-corrected chi connectivity index (χ4v) is 7.08. The van der Waals surface area contributed by atoms with Gasteiger partial charge in [0.2, 0.25) is 5.91 Å². The molecule has 2 aromatic carbocycles. The number of nitrogens with one attached hydrogen (secondary N) is 1. The molecular formula is C32H29N3O5. The zero-order valence-corrected chi connectivity index (χ0v) is 22.5. The number of amides is 1. The summed E-state index contributed by atoms with van der Waals surface area (Å²) in [5, 5.41) is 7.55. The van der Waals surface area contributed by atoms with E-state index in [1.807, 2.05) is 42.5 Å². The highest BCUT2D eigenvalue weighted by atomic mass is 16.5. The molecule has 1 fully saturated rings. The molecule has 1 saturated carbocycles. The van der Waals surface area contributed by atoms with E-state index in [9.17, 15) is 9.59 Å². The average molecular weight is 536 g/mol. The first-order valence-electron chi connectivity index (χ1n) is 13.9. The van der Waals surface area contributed by atoms with Crippen molar-refractivity contribution in [3.63, 3.8) is 0 Å². The molecule has 40 heavy (non-hydrogen) atoms. The average Bonchev–Trinajstić information content (AvgIpc) is 3.59. The largest absolute Gasteiger partial charge is 0.463 e. The van der Waals surface area contributed by atoms with Crippen LogP contribution in [0, 0.1) is 6.92 Å². The second-order valence-electron chi connectivity index (χ2n) is 10.7. The molecule has 1 atom stereocenters. The summed E-state index contributed by atoms with van der Waals surface area (Å²) in [7, 11) is 0. The number of ketones is 1. The molecule has 0 bridgehead atoms. The zero-order valence-electron chi connectivity index (χ0n) is 22.5. The van der Waals surface area contributed by atoms with Gasteiger partial charge in [-0.05, 0) is 32.3 Å². The van der Waals surface area contributed by atoms with Gasteiger partial charge in [-0.2, -0.15) is 0 Å². The summed E-state index contributed by atoms with van der Waals surface area (Å²) < 4.78 is 11.4. The number of carbonyl (C=O) groups is 3. The molecule has 0 saturated heterocycles. The first-order valence-corrected chi connectivity index (χ1v) is 13.9. The number of aryl methyl sites for hydroxylation is 1. The Kier molecular flexibility index (Phi) is 5.56. The van der Waals surface area contributed by atoms with E-state index in [1.165, 1.54) is 0 Å². The van der Waals surface area contributed by atoms with Crippen LogP contribution in [0.15, 0.2) is 70.3 Å². The third kappa shape index (κ3) is 3.13. The number of nitrogens with zero attached hydrogens (tertiary/aromatic N) is 2. The molecule has 2 aliphatic heterocycles. The summed E-state index contributed by atoms with van der Waals surface area (Å²) in [4.78, 5) is 45.7. The van der Waals surface area contributed by atoms with E-state index in [1.54, 1.807) is 30.9 Å². The maximum absolute atomic E-state index is 15.3. The molecule has 1 unspecified atom stereocenters. The number of hydrogen-bond acceptors (Lipinski definition) is 7. The van der Waals surface area contributed by atoms with Crippen molar-refractivity contribution in [2.24, 2.45) is 0 Å². The molecule has 1 N–H and O–H groups in total. The lowest BCUT2D eigenvalue weighted by molar-refractivity contribution is -0.141. The van der Waals surface area contributed by atoms with Gasteiger partial charge in [-0.1, -0.05) is 79.0 Å². The van der Waals surface area contributed by atoms with Gasteiger partial charge >= 0.3 is 5.97 Å². The van der Waals surface area contributed by atoms with Crippen LogP contribution < -0.4 is 5.32 Å². The van der Waals surface area contributed by atoms with Crippen molar-refractivity contribution >= 4 is 34.9 Å². The van der Waals surface area contributed by atoms with Crippen molar-refractivity contribution in [1.82, 2.24) is 10.1 Å². The normalized spacial score (nSPS) is 22.0. The Labute approximate surface area is 231 Å². The Morgan fingerprint density at radius 1 is 1.05 bits per heavy atom. The number of hydrogen-bond donors (Lipinski definition) is 1. The molecule has 8 nitrogen and oxygen atoms in total. The molecule has 1 aromatic heterocycles. The number of aromatic nitrogens is 1. The van der Waals surface area contributed by atoms with Crippen molar-refractivity contribution in [2.45, 2.75) is 57.4 Å². The van der Waals surface area contributed by atoms with Gasteiger partial charge in [-0.3, -0.25) is 9.59 Å². The van der Waals surface area contributed by atoms with E-state index in [2.05, 4.69) is 10.5 Å². The number of anilines is 1. The first-order chi connectivity index (χ1) is 19.5. The predicted octanol–water partition coefficient (Wildman–Crippen LogP) is 5.40. The van der Waals surface area contributed by atoms with Crippen LogP contribution in [0.2, 0.25) is 0 Å². The van der Waals surface area contributed by atoms with Gasteiger partial charge in [-0.25, -0.2) is 4.79 Å². The number of carbonyl (C=O) groups excluding carboxylic acids is 3. The summed E-state index contributed by atoms with van der Waals surface area (Å²) in [6, 6.07) is 16.6. The summed E-state index contributed by atoms with van der Waals surface area (Å²) in [6.45, 7) is 3.57. The third-order valence-corrected chi connectivity index (χ3v) is 8.63. The van der Waals surface area contributed by atoms with Crippen molar-refractivity contribution in [2.75, 3.05) is 11.9 Å². The minimum absolute atomic E-state index is 0.117. The van der Waals surface area contributed by atoms with E-state index >= 15 is 4.79 Å². The molecule has 202 valence electrons. The smallest absolute Gasteiger partial charge is 0.337 e. The van der Waals surface area contributed by atoms with E-state index < -0.39 is 11.4 Å². The minimum Gasteiger partial charge on any atom is -0.463 e. The van der Waals surface area contributed by atoms with Gasteiger partial charge in [0.1, 0.15) is 11.2 Å². The molecule has 3 aromatic rings. The number of rotatable bonds is 4. The number of ether oxygens (including phenoxy) is 1. The lowest BCUT2D eigenvalue weighted by Crippen LogP contribution is -2.50. The highest BCUT2D eigenvalue weighted by molar-refractivity contribution is 6.32. The molecule has 0 radical (unpaired) electrons. The summed E-state index contributed by atoms with van der Waals surface area (Å²) >= 11 is 0. The maximum Gasteiger partial charge on any atom is 0.337 e. The zero-order chi connectivity index (χ0) is 27.6. The van der Waals surface area contributed by atoms with Gasteiger partial charge in [0.25, 0.3) is 0 Å². The summed E-state index contributed by atoms with van der Waals surface area (Å²) in [6.07, 6.45) is 4.68. The monoisotopic (exact) mass is 535 g/mol. The Bertz CT molecular complexity index is 1640. The van der Waals surface area contributed by atoms with Gasteiger partial charge < -0.3 is 19.5 Å². The van der Waals surface area contributed by atoms with E-state index in [0.29, 0.717) is 39.7 Å². The molecule has 2 aliphatic carbocycles. The fraction of sp³-hybridized carbons (Fsp3) is 0.312. The Balaban J connectivity index is 1.62. The lowest BCUT2D eigenvalue weighted by atomic mass is 9.66. The van der Waals surface area contributed by atoms with Crippen LogP contribution in [0.5, 0.6) is 0 Å². The van der Waals surface area contributed by atoms with Crippen LogP contribution in [0.25, 0.3) is 11.4 Å². The van der Waals surface area contributed by atoms with E-state index in [0.717, 1.165) is 37.7 Å². The molecule has 4 aliphatic rings. The van der Waals surface area contributed by atoms with Crippen LogP contribution in [-0.4, -0.2) is 40.4 Å². The van der Waals surface area contributed by atoms with Gasteiger partial charge in [0.15, 0.2) is 11.6 Å². The van der Waals surface area contributed by atoms with Crippen molar-refractivity contribution < 1.29 is 23.6 Å². The predicted molar refractivity (Wildman–Crippen MR) is 148 cm³/mol. The second-order valence-corrected chi connectivity index (χ2v) is 10.7. The molecule has 1 amide bonds. The lowest BCUT2D eigenvalue weighted by Gasteiger charge is -2.37. The van der Waals surface area contributed by atoms with Crippen LogP contribution in [0.4, 0.5) is 5.82 Å². The van der Waals surface area contributed by atoms with Gasteiger partial charge in [0, 0.05) is 22.7 Å². The fourth-order valence-electron chi connectivity index (χ4n) is 7.08. The standard InChI is InChI=1S/C32H29N3O5/c1-3-39-30(37)25-27(19-12-6-4-7-13-19)35(20-14-8-5-9-15-20)31(38)32(25)23-18(2)40-34-29(23)33-26-21-16-10-11-17-22(21)28(36)24(26)32/h4,6-7,10-13,16-17,20H,3,5,8-9,14-15H2,1-2H3,(H,33,34). The highest BCUT2D eigenvalue weighted by Gasteiger charge is 2.67. The number of esters is 1. The van der Waals surface area contributed by atoms with E-state index in [4.69, 9.17) is 9.26 Å². The second kappa shape index (κ2) is 9.05. The van der Waals surface area contributed by atoms with E-state index in [-0.39, 0.29) is 35.5 Å². The Morgan fingerprint density at radius 3 is 2.48 bits per heavy atom. The third-order valence-electron chi connectivity index (χ3n) is 8.63.